The Labute approximate surface area is 122 Å². The summed E-state index contributed by atoms with van der Waals surface area (Å²) in [5, 5.41) is 19.7. The molecule has 6 nitrogen and oxygen atoms in total. The minimum absolute atomic E-state index is 0.0810. The van der Waals surface area contributed by atoms with Crippen LogP contribution in [-0.4, -0.2) is 38.7 Å². The smallest absolute Gasteiger partial charge is 0.251 e. The second-order valence-corrected chi connectivity index (χ2v) is 5.32. The van der Waals surface area contributed by atoms with E-state index in [1.807, 2.05) is 12.1 Å². The van der Waals surface area contributed by atoms with E-state index in [2.05, 4.69) is 15.6 Å². The molecule has 6 heteroatoms. The van der Waals surface area contributed by atoms with E-state index in [1.54, 1.807) is 29.2 Å². The zero-order chi connectivity index (χ0) is 14.7. The quantitative estimate of drug-likeness (QED) is 0.835. The molecule has 1 heterocycles. The second kappa shape index (κ2) is 6.05. The van der Waals surface area contributed by atoms with Crippen LogP contribution in [0, 0.1) is 5.92 Å². The van der Waals surface area contributed by atoms with Gasteiger partial charge in [0, 0.05) is 18.2 Å². The summed E-state index contributed by atoms with van der Waals surface area (Å²) >= 11 is 0. The fraction of sp³-hybridized carbons (Fsp3) is 0.400. The summed E-state index contributed by atoms with van der Waals surface area (Å²) in [6, 6.07) is 7.30. The molecule has 1 unspecified atom stereocenters. The predicted octanol–water partition coefficient (Wildman–Crippen LogP) is 1.16. The molecule has 1 aliphatic rings. The molecule has 1 saturated carbocycles. The van der Waals surface area contributed by atoms with Crippen LogP contribution in [0.2, 0.25) is 0 Å². The first-order chi connectivity index (χ1) is 10.3. The number of carbonyl (C=O) groups excluding carboxylic acids is 1. The first-order valence-electron chi connectivity index (χ1n) is 7.16. The average Bonchev–Trinajstić information content (AvgIpc) is 3.21. The number of amides is 1. The highest BCUT2D eigenvalue weighted by molar-refractivity contribution is 5.94. The molecule has 2 aromatic rings. The van der Waals surface area contributed by atoms with Crippen LogP contribution in [0.4, 0.5) is 0 Å². The van der Waals surface area contributed by atoms with E-state index >= 15 is 0 Å². The standard InChI is InChI=1S/C15H18N4O2/c20-10-7-14(11-1-2-11)17-15(21)12-3-5-13(6-4-12)19-9-8-16-18-19/h3-6,8-9,11,14,20H,1-2,7,10H2,(H,17,21). The zero-order valence-corrected chi connectivity index (χ0v) is 11.6. The van der Waals surface area contributed by atoms with Gasteiger partial charge in [0.2, 0.25) is 0 Å². The van der Waals surface area contributed by atoms with Crippen LogP contribution in [0.1, 0.15) is 29.6 Å². The van der Waals surface area contributed by atoms with Gasteiger partial charge >= 0.3 is 0 Å². The highest BCUT2D eigenvalue weighted by Gasteiger charge is 2.31. The van der Waals surface area contributed by atoms with Gasteiger partial charge in [-0.3, -0.25) is 4.79 Å². The largest absolute Gasteiger partial charge is 0.396 e. The number of nitrogens with zero attached hydrogens (tertiary/aromatic N) is 3. The van der Waals surface area contributed by atoms with E-state index < -0.39 is 0 Å². The summed E-state index contributed by atoms with van der Waals surface area (Å²) in [5.74, 6) is 0.431. The Kier molecular flexibility index (Phi) is 3.96. The molecule has 0 saturated heterocycles. The van der Waals surface area contributed by atoms with E-state index in [0.717, 1.165) is 18.5 Å². The molecule has 0 bridgehead atoms. The number of nitrogens with one attached hydrogen (secondary N) is 1. The van der Waals surface area contributed by atoms with Gasteiger partial charge in [0.25, 0.3) is 5.91 Å². The van der Waals surface area contributed by atoms with Crippen molar-refractivity contribution < 1.29 is 9.90 Å². The van der Waals surface area contributed by atoms with Gasteiger partial charge in [0.1, 0.15) is 0 Å². The van der Waals surface area contributed by atoms with E-state index in [9.17, 15) is 4.79 Å². The summed E-state index contributed by atoms with van der Waals surface area (Å²) in [6.07, 6.45) is 6.25. The Morgan fingerprint density at radius 1 is 1.38 bits per heavy atom. The molecule has 0 radical (unpaired) electrons. The molecule has 1 atom stereocenters. The fourth-order valence-corrected chi connectivity index (χ4v) is 2.43. The average molecular weight is 286 g/mol. The summed E-state index contributed by atoms with van der Waals surface area (Å²) in [7, 11) is 0. The summed E-state index contributed by atoms with van der Waals surface area (Å²) in [6.45, 7) is 0.104. The molecular weight excluding hydrogens is 268 g/mol. The number of aromatic nitrogens is 3. The van der Waals surface area contributed by atoms with Gasteiger partial charge in [-0.25, -0.2) is 4.68 Å². The number of aliphatic hydroxyl groups is 1. The number of hydrogen-bond donors (Lipinski definition) is 2. The maximum Gasteiger partial charge on any atom is 0.251 e. The highest BCUT2D eigenvalue weighted by atomic mass is 16.3. The van der Waals surface area contributed by atoms with Crippen molar-refractivity contribution in [1.82, 2.24) is 20.3 Å². The molecule has 0 aliphatic heterocycles. The lowest BCUT2D eigenvalue weighted by Crippen LogP contribution is -2.37. The van der Waals surface area contributed by atoms with Crippen LogP contribution in [0.5, 0.6) is 0 Å². The van der Waals surface area contributed by atoms with Gasteiger partial charge in [0.15, 0.2) is 0 Å². The van der Waals surface area contributed by atoms with Crippen molar-refractivity contribution in [3.05, 3.63) is 42.2 Å². The van der Waals surface area contributed by atoms with Crippen LogP contribution in [0.15, 0.2) is 36.7 Å². The molecule has 110 valence electrons. The molecule has 1 amide bonds. The van der Waals surface area contributed by atoms with Crippen LogP contribution in [0.3, 0.4) is 0 Å². The van der Waals surface area contributed by atoms with Crippen molar-refractivity contribution in [3.63, 3.8) is 0 Å². The molecule has 1 fully saturated rings. The first kappa shape index (κ1) is 13.8. The molecule has 1 aromatic carbocycles. The molecular formula is C15H18N4O2. The van der Waals surface area contributed by atoms with Crippen molar-refractivity contribution in [1.29, 1.82) is 0 Å². The minimum atomic E-state index is -0.0921. The fourth-order valence-electron chi connectivity index (χ4n) is 2.43. The lowest BCUT2D eigenvalue weighted by molar-refractivity contribution is 0.0924. The van der Waals surface area contributed by atoms with Crippen molar-refractivity contribution in [2.75, 3.05) is 6.61 Å². The number of benzene rings is 1. The molecule has 1 aliphatic carbocycles. The first-order valence-corrected chi connectivity index (χ1v) is 7.16. The zero-order valence-electron chi connectivity index (χ0n) is 11.6. The number of hydrogen-bond acceptors (Lipinski definition) is 4. The van der Waals surface area contributed by atoms with Crippen molar-refractivity contribution >= 4 is 5.91 Å². The lowest BCUT2D eigenvalue weighted by atomic mass is 10.1. The van der Waals surface area contributed by atoms with Crippen LogP contribution < -0.4 is 5.32 Å². The van der Waals surface area contributed by atoms with Gasteiger partial charge in [-0.05, 0) is 49.4 Å². The number of carbonyl (C=O) groups is 1. The van der Waals surface area contributed by atoms with E-state index in [0.29, 0.717) is 17.9 Å². The van der Waals surface area contributed by atoms with Gasteiger partial charge < -0.3 is 10.4 Å². The van der Waals surface area contributed by atoms with E-state index in [-0.39, 0.29) is 18.6 Å². The van der Waals surface area contributed by atoms with E-state index in [4.69, 9.17) is 5.11 Å². The maximum atomic E-state index is 12.2. The van der Waals surface area contributed by atoms with Crippen LogP contribution in [0.25, 0.3) is 5.69 Å². The van der Waals surface area contributed by atoms with Crippen molar-refractivity contribution in [2.45, 2.75) is 25.3 Å². The van der Waals surface area contributed by atoms with Crippen molar-refractivity contribution in [3.8, 4) is 5.69 Å². The number of aliphatic hydroxyl groups excluding tert-OH is 1. The van der Waals surface area contributed by atoms with Gasteiger partial charge in [0.05, 0.1) is 18.1 Å². The third-order valence-corrected chi connectivity index (χ3v) is 3.76. The topological polar surface area (TPSA) is 80.0 Å². The van der Waals surface area contributed by atoms with E-state index in [1.165, 1.54) is 0 Å². The summed E-state index contributed by atoms with van der Waals surface area (Å²) < 4.78 is 1.64. The molecule has 21 heavy (non-hydrogen) atoms. The van der Waals surface area contributed by atoms with Gasteiger partial charge in [-0.1, -0.05) is 5.21 Å². The van der Waals surface area contributed by atoms with Gasteiger partial charge in [-0.15, -0.1) is 5.10 Å². The highest BCUT2D eigenvalue weighted by Crippen LogP contribution is 2.34. The Bertz CT molecular complexity index is 591. The Morgan fingerprint density at radius 3 is 2.71 bits per heavy atom. The monoisotopic (exact) mass is 286 g/mol. The van der Waals surface area contributed by atoms with Crippen molar-refractivity contribution in [2.24, 2.45) is 5.92 Å². The lowest BCUT2D eigenvalue weighted by Gasteiger charge is -2.17. The van der Waals surface area contributed by atoms with Gasteiger partial charge in [-0.2, -0.15) is 0 Å². The number of rotatable bonds is 6. The Balaban J connectivity index is 1.67. The Hall–Kier alpha value is -2.21. The maximum absolute atomic E-state index is 12.2. The third kappa shape index (κ3) is 3.28. The minimum Gasteiger partial charge on any atom is -0.396 e. The van der Waals surface area contributed by atoms with Crippen LogP contribution >= 0.6 is 0 Å². The Morgan fingerprint density at radius 2 is 2.14 bits per heavy atom. The summed E-state index contributed by atoms with van der Waals surface area (Å²) in [5.41, 5.74) is 1.47. The normalized spacial score (nSPS) is 15.7. The third-order valence-electron chi connectivity index (χ3n) is 3.76. The SMILES string of the molecule is O=C(NC(CCO)C1CC1)c1ccc(-n2ccnn2)cc1. The second-order valence-electron chi connectivity index (χ2n) is 5.32. The molecule has 0 spiro atoms. The molecule has 3 rings (SSSR count). The van der Waals surface area contributed by atoms with Crippen LogP contribution in [-0.2, 0) is 0 Å². The molecule has 2 N–H and O–H groups in total. The molecule has 1 aromatic heterocycles. The predicted molar refractivity (Wildman–Crippen MR) is 77.0 cm³/mol. The summed E-state index contributed by atoms with van der Waals surface area (Å²) in [4.78, 5) is 12.2.